The molecule has 0 aliphatic heterocycles. The average Bonchev–Trinajstić information content (AvgIpc) is 2.41. The molecule has 0 radical (unpaired) electrons. The molecule has 2 atom stereocenters. The fourth-order valence-electron chi connectivity index (χ4n) is 2.77. The monoisotopic (exact) mass is 189 g/mol. The van der Waals surface area contributed by atoms with Crippen LogP contribution in [0.3, 0.4) is 0 Å². The lowest BCUT2D eigenvalue weighted by atomic mass is 10.00. The molecule has 1 aromatic rings. The van der Waals surface area contributed by atoms with Crippen LogP contribution >= 0.6 is 0 Å². The minimum absolute atomic E-state index is 0.559. The summed E-state index contributed by atoms with van der Waals surface area (Å²) in [6, 6.07) is 5.19. The molecule has 1 heteroatoms. The minimum atomic E-state index is 0.559. The third kappa shape index (κ3) is 1.36. The van der Waals surface area contributed by atoms with Gasteiger partial charge in [-0.05, 0) is 49.9 Å². The second-order valence-corrected chi connectivity index (χ2v) is 4.60. The second kappa shape index (κ2) is 3.39. The molecule has 0 saturated heterocycles. The Morgan fingerprint density at radius 3 is 2.64 bits per heavy atom. The topological polar surface area (TPSA) is 12.0 Å². The average molecular weight is 189 g/mol. The van der Waals surface area contributed by atoms with Crippen molar-refractivity contribution in [3.8, 4) is 0 Å². The van der Waals surface area contributed by atoms with Crippen molar-refractivity contribution < 1.29 is 0 Å². The number of fused-ring (bicyclic) bond motifs is 1. The van der Waals surface area contributed by atoms with E-state index < -0.39 is 0 Å². The van der Waals surface area contributed by atoms with Gasteiger partial charge in [-0.3, -0.25) is 0 Å². The minimum Gasteiger partial charge on any atom is -0.313 e. The van der Waals surface area contributed by atoms with Crippen molar-refractivity contribution in [3.05, 3.63) is 34.4 Å². The standard InChI is InChI=1S/C13H19N/c1-8-5-9(2)11-7-10(3)13(14-4)12(11)6-8/h5-6,10,13-14H,7H2,1-4H3. The molecule has 1 nitrogen and oxygen atoms in total. The summed E-state index contributed by atoms with van der Waals surface area (Å²) in [5, 5.41) is 3.42. The smallest absolute Gasteiger partial charge is 0.0349 e. The van der Waals surface area contributed by atoms with Crippen LogP contribution in [0.1, 0.15) is 35.2 Å². The Morgan fingerprint density at radius 1 is 1.29 bits per heavy atom. The van der Waals surface area contributed by atoms with Crippen LogP contribution in [0, 0.1) is 19.8 Å². The zero-order chi connectivity index (χ0) is 10.3. The van der Waals surface area contributed by atoms with Gasteiger partial charge in [0, 0.05) is 6.04 Å². The predicted molar refractivity (Wildman–Crippen MR) is 60.6 cm³/mol. The Labute approximate surface area is 86.5 Å². The van der Waals surface area contributed by atoms with Crippen LogP contribution < -0.4 is 5.32 Å². The summed E-state index contributed by atoms with van der Waals surface area (Å²) in [7, 11) is 2.06. The Bertz CT molecular complexity index is 354. The molecular weight excluding hydrogens is 170 g/mol. The number of nitrogens with one attached hydrogen (secondary N) is 1. The molecule has 0 spiro atoms. The normalized spacial score (nSPS) is 25.1. The molecule has 76 valence electrons. The zero-order valence-electron chi connectivity index (χ0n) is 9.52. The van der Waals surface area contributed by atoms with Crippen molar-refractivity contribution in [2.24, 2.45) is 5.92 Å². The van der Waals surface area contributed by atoms with Crippen molar-refractivity contribution in [2.75, 3.05) is 7.05 Å². The van der Waals surface area contributed by atoms with E-state index in [4.69, 9.17) is 0 Å². The van der Waals surface area contributed by atoms with Gasteiger partial charge in [0.25, 0.3) is 0 Å². The summed E-state index contributed by atoms with van der Waals surface area (Å²) in [4.78, 5) is 0. The maximum absolute atomic E-state index is 3.42. The van der Waals surface area contributed by atoms with Gasteiger partial charge in [-0.2, -0.15) is 0 Å². The van der Waals surface area contributed by atoms with Crippen LogP contribution in [0.4, 0.5) is 0 Å². The zero-order valence-corrected chi connectivity index (χ0v) is 9.52. The molecule has 0 heterocycles. The summed E-state index contributed by atoms with van der Waals surface area (Å²) in [5.41, 5.74) is 5.94. The van der Waals surface area contributed by atoms with Crippen LogP contribution in [0.2, 0.25) is 0 Å². The molecule has 1 N–H and O–H groups in total. The fourth-order valence-corrected chi connectivity index (χ4v) is 2.77. The Balaban J connectivity index is 2.53. The Hall–Kier alpha value is -0.820. The Kier molecular flexibility index (Phi) is 2.36. The van der Waals surface area contributed by atoms with Crippen LogP contribution in [0.5, 0.6) is 0 Å². The van der Waals surface area contributed by atoms with E-state index in [1.54, 1.807) is 5.56 Å². The van der Waals surface area contributed by atoms with Gasteiger partial charge in [0.05, 0.1) is 0 Å². The van der Waals surface area contributed by atoms with Gasteiger partial charge in [-0.25, -0.2) is 0 Å². The number of aryl methyl sites for hydroxylation is 2. The van der Waals surface area contributed by atoms with Crippen LogP contribution in [-0.2, 0) is 6.42 Å². The first-order chi connectivity index (χ1) is 6.63. The van der Waals surface area contributed by atoms with Crippen LogP contribution in [0.25, 0.3) is 0 Å². The van der Waals surface area contributed by atoms with Crippen molar-refractivity contribution in [3.63, 3.8) is 0 Å². The van der Waals surface area contributed by atoms with E-state index in [1.807, 2.05) is 0 Å². The highest BCUT2D eigenvalue weighted by molar-refractivity contribution is 5.43. The molecule has 0 amide bonds. The fraction of sp³-hybridized carbons (Fsp3) is 0.538. The van der Waals surface area contributed by atoms with E-state index in [0.717, 1.165) is 5.92 Å². The van der Waals surface area contributed by atoms with Crippen molar-refractivity contribution in [1.29, 1.82) is 0 Å². The Morgan fingerprint density at radius 2 is 2.00 bits per heavy atom. The number of benzene rings is 1. The lowest BCUT2D eigenvalue weighted by molar-refractivity contribution is 0.446. The SMILES string of the molecule is CNC1c2cc(C)cc(C)c2CC1C. The third-order valence-electron chi connectivity index (χ3n) is 3.39. The lowest BCUT2D eigenvalue weighted by Gasteiger charge is -2.15. The molecule has 2 rings (SSSR count). The van der Waals surface area contributed by atoms with Gasteiger partial charge in [-0.1, -0.05) is 24.6 Å². The van der Waals surface area contributed by atoms with E-state index in [9.17, 15) is 0 Å². The molecule has 2 unspecified atom stereocenters. The predicted octanol–water partition coefficient (Wildman–Crippen LogP) is 2.76. The van der Waals surface area contributed by atoms with Crippen LogP contribution in [-0.4, -0.2) is 7.05 Å². The highest BCUT2D eigenvalue weighted by atomic mass is 14.9. The molecule has 0 fully saturated rings. The van der Waals surface area contributed by atoms with Gasteiger partial charge in [0.2, 0.25) is 0 Å². The van der Waals surface area contributed by atoms with E-state index in [2.05, 4.69) is 45.3 Å². The molecule has 1 aromatic carbocycles. The molecule has 0 aromatic heterocycles. The van der Waals surface area contributed by atoms with E-state index in [-0.39, 0.29) is 0 Å². The van der Waals surface area contributed by atoms with E-state index in [0.29, 0.717) is 6.04 Å². The molecule has 1 aliphatic carbocycles. The number of hydrogen-bond acceptors (Lipinski definition) is 1. The lowest BCUT2D eigenvalue weighted by Crippen LogP contribution is -2.19. The van der Waals surface area contributed by atoms with E-state index in [1.165, 1.54) is 23.1 Å². The maximum Gasteiger partial charge on any atom is 0.0349 e. The number of rotatable bonds is 1. The molecule has 0 bridgehead atoms. The largest absolute Gasteiger partial charge is 0.313 e. The summed E-state index contributed by atoms with van der Waals surface area (Å²) in [6.45, 7) is 6.75. The highest BCUT2D eigenvalue weighted by Crippen LogP contribution is 2.37. The van der Waals surface area contributed by atoms with Gasteiger partial charge < -0.3 is 5.32 Å². The molecule has 0 saturated carbocycles. The molecular formula is C13H19N. The van der Waals surface area contributed by atoms with Crippen molar-refractivity contribution in [2.45, 2.75) is 33.2 Å². The first-order valence-corrected chi connectivity index (χ1v) is 5.40. The van der Waals surface area contributed by atoms with Crippen LogP contribution in [0.15, 0.2) is 12.1 Å². The summed E-state index contributed by atoms with van der Waals surface area (Å²) in [6.07, 6.45) is 1.23. The number of hydrogen-bond donors (Lipinski definition) is 1. The molecule has 1 aliphatic rings. The van der Waals surface area contributed by atoms with Gasteiger partial charge in [0.1, 0.15) is 0 Å². The summed E-state index contributed by atoms with van der Waals surface area (Å²) < 4.78 is 0. The third-order valence-corrected chi connectivity index (χ3v) is 3.39. The maximum atomic E-state index is 3.42. The van der Waals surface area contributed by atoms with Gasteiger partial charge >= 0.3 is 0 Å². The van der Waals surface area contributed by atoms with Crippen molar-refractivity contribution in [1.82, 2.24) is 5.32 Å². The molecule has 14 heavy (non-hydrogen) atoms. The van der Waals surface area contributed by atoms with Crippen molar-refractivity contribution >= 4 is 0 Å². The first-order valence-electron chi connectivity index (χ1n) is 5.40. The first kappa shape index (κ1) is 9.72. The van der Waals surface area contributed by atoms with E-state index >= 15 is 0 Å². The summed E-state index contributed by atoms with van der Waals surface area (Å²) in [5.74, 6) is 0.732. The van der Waals surface area contributed by atoms with Gasteiger partial charge in [-0.15, -0.1) is 0 Å². The summed E-state index contributed by atoms with van der Waals surface area (Å²) >= 11 is 0. The second-order valence-electron chi connectivity index (χ2n) is 4.60. The quantitative estimate of drug-likeness (QED) is 0.716. The highest BCUT2D eigenvalue weighted by Gasteiger charge is 2.28. The van der Waals surface area contributed by atoms with Gasteiger partial charge in [0.15, 0.2) is 0 Å².